The number of hydrogen-bond donors (Lipinski definition) is 1. The average molecular weight is 253 g/mol. The molecule has 17 heavy (non-hydrogen) atoms. The number of ketones is 1. The smallest absolute Gasteiger partial charge is 0.186 e. The van der Waals surface area contributed by atoms with Gasteiger partial charge in [-0.15, -0.1) is 11.3 Å². The number of β-amino-alcohol motifs (C(OH)–C–C–N with tert-alkyl or cyclic N) is 1. The molecule has 4 heteroatoms. The van der Waals surface area contributed by atoms with Gasteiger partial charge in [-0.2, -0.15) is 0 Å². The van der Waals surface area contributed by atoms with Gasteiger partial charge in [0.1, 0.15) is 0 Å². The van der Waals surface area contributed by atoms with Crippen LogP contribution < -0.4 is 0 Å². The lowest BCUT2D eigenvalue weighted by atomic mass is 9.95. The van der Waals surface area contributed by atoms with Crippen molar-refractivity contribution < 1.29 is 9.90 Å². The second kappa shape index (κ2) is 4.88. The van der Waals surface area contributed by atoms with Crippen LogP contribution in [0, 0.1) is 6.92 Å². The number of carbonyl (C=O) groups is 1. The predicted molar refractivity (Wildman–Crippen MR) is 69.7 cm³/mol. The fraction of sp³-hybridized carbons (Fsp3) is 0.615. The highest BCUT2D eigenvalue weighted by atomic mass is 32.1. The fourth-order valence-corrected chi connectivity index (χ4v) is 3.12. The van der Waals surface area contributed by atoms with Crippen molar-refractivity contribution in [1.29, 1.82) is 0 Å². The Bertz CT molecular complexity index is 411. The van der Waals surface area contributed by atoms with Crippen LogP contribution in [0.1, 0.15) is 34.3 Å². The summed E-state index contributed by atoms with van der Waals surface area (Å²) in [6.07, 6.45) is 1.79. The van der Waals surface area contributed by atoms with E-state index < -0.39 is 5.60 Å². The van der Waals surface area contributed by atoms with Gasteiger partial charge >= 0.3 is 0 Å². The van der Waals surface area contributed by atoms with Crippen molar-refractivity contribution in [3.8, 4) is 0 Å². The quantitative estimate of drug-likeness (QED) is 0.839. The molecule has 2 heterocycles. The number of aryl methyl sites for hydroxylation is 1. The van der Waals surface area contributed by atoms with E-state index in [-0.39, 0.29) is 5.78 Å². The minimum Gasteiger partial charge on any atom is -0.389 e. The number of carbonyl (C=O) groups excluding carboxylic acids is 1. The number of piperidine rings is 1. The zero-order valence-electron chi connectivity index (χ0n) is 10.4. The van der Waals surface area contributed by atoms with Crippen molar-refractivity contribution in [2.45, 2.75) is 32.3 Å². The summed E-state index contributed by atoms with van der Waals surface area (Å²) in [4.78, 5) is 16.1. The standard InChI is InChI=1S/C13H19NO2S/c1-10-4-5-12(17-10)11(15)8-14-7-3-6-13(2,16)9-14/h4-5,16H,3,6-9H2,1-2H3. The van der Waals surface area contributed by atoms with Gasteiger partial charge in [-0.25, -0.2) is 0 Å². The van der Waals surface area contributed by atoms with Crippen molar-refractivity contribution >= 4 is 17.1 Å². The van der Waals surface area contributed by atoms with Crippen molar-refractivity contribution in [2.24, 2.45) is 0 Å². The molecule has 3 nitrogen and oxygen atoms in total. The van der Waals surface area contributed by atoms with E-state index in [1.807, 2.05) is 26.0 Å². The maximum atomic E-state index is 12.0. The van der Waals surface area contributed by atoms with Crippen LogP contribution in [0.25, 0.3) is 0 Å². The van der Waals surface area contributed by atoms with Crippen molar-refractivity contribution in [2.75, 3.05) is 19.6 Å². The zero-order chi connectivity index (χ0) is 12.5. The van der Waals surface area contributed by atoms with Crippen LogP contribution in [-0.2, 0) is 0 Å². The molecule has 0 spiro atoms. The molecule has 1 N–H and O–H groups in total. The van der Waals surface area contributed by atoms with Gasteiger partial charge < -0.3 is 5.11 Å². The van der Waals surface area contributed by atoms with Crippen LogP contribution >= 0.6 is 11.3 Å². The van der Waals surface area contributed by atoms with E-state index in [1.54, 1.807) is 11.3 Å². The first-order chi connectivity index (χ1) is 7.96. The molecule has 0 radical (unpaired) electrons. The Hall–Kier alpha value is -0.710. The molecular formula is C13H19NO2S. The maximum Gasteiger partial charge on any atom is 0.186 e. The monoisotopic (exact) mass is 253 g/mol. The molecule has 0 aromatic carbocycles. The molecule has 1 aliphatic rings. The van der Waals surface area contributed by atoms with E-state index in [1.165, 1.54) is 4.88 Å². The molecule has 1 saturated heterocycles. The Kier molecular flexibility index (Phi) is 3.66. The van der Waals surface area contributed by atoms with E-state index in [9.17, 15) is 9.90 Å². The van der Waals surface area contributed by atoms with Gasteiger partial charge in [0.25, 0.3) is 0 Å². The number of hydrogen-bond acceptors (Lipinski definition) is 4. The fourth-order valence-electron chi connectivity index (χ4n) is 2.32. The first-order valence-corrected chi connectivity index (χ1v) is 6.82. The van der Waals surface area contributed by atoms with Crippen LogP contribution in [0.2, 0.25) is 0 Å². The molecule has 0 saturated carbocycles. The number of aliphatic hydroxyl groups is 1. The van der Waals surface area contributed by atoms with Gasteiger partial charge in [0.2, 0.25) is 0 Å². The normalized spacial score (nSPS) is 26.1. The topological polar surface area (TPSA) is 40.5 Å². The largest absolute Gasteiger partial charge is 0.389 e. The number of nitrogens with zero attached hydrogens (tertiary/aromatic N) is 1. The van der Waals surface area contributed by atoms with E-state index in [2.05, 4.69) is 4.90 Å². The van der Waals surface area contributed by atoms with Crippen LogP contribution in [-0.4, -0.2) is 41.0 Å². The van der Waals surface area contributed by atoms with Gasteiger partial charge in [-0.05, 0) is 45.4 Å². The SMILES string of the molecule is Cc1ccc(C(=O)CN2CCCC(C)(O)C2)s1. The highest BCUT2D eigenvalue weighted by Crippen LogP contribution is 2.21. The van der Waals surface area contributed by atoms with Crippen LogP contribution in [0.4, 0.5) is 0 Å². The van der Waals surface area contributed by atoms with Crippen LogP contribution in [0.5, 0.6) is 0 Å². The average Bonchev–Trinajstić information content (AvgIpc) is 2.63. The van der Waals surface area contributed by atoms with Gasteiger partial charge in [0.15, 0.2) is 5.78 Å². The number of thiophene rings is 1. The third kappa shape index (κ3) is 3.37. The lowest BCUT2D eigenvalue weighted by Crippen LogP contribution is -2.47. The molecule has 1 aliphatic heterocycles. The van der Waals surface area contributed by atoms with Gasteiger partial charge in [0.05, 0.1) is 17.0 Å². The second-order valence-electron chi connectivity index (χ2n) is 5.14. The van der Waals surface area contributed by atoms with Gasteiger partial charge in [0, 0.05) is 11.4 Å². The Morgan fingerprint density at radius 3 is 2.94 bits per heavy atom. The summed E-state index contributed by atoms with van der Waals surface area (Å²) in [5.41, 5.74) is -0.635. The molecule has 2 rings (SSSR count). The summed E-state index contributed by atoms with van der Waals surface area (Å²) >= 11 is 1.55. The third-order valence-corrected chi connectivity index (χ3v) is 4.18. The Morgan fingerprint density at radius 1 is 1.59 bits per heavy atom. The van der Waals surface area contributed by atoms with Crippen molar-refractivity contribution in [3.63, 3.8) is 0 Å². The Morgan fingerprint density at radius 2 is 2.35 bits per heavy atom. The molecular weight excluding hydrogens is 234 g/mol. The number of likely N-dealkylation sites (tertiary alicyclic amines) is 1. The lowest BCUT2D eigenvalue weighted by molar-refractivity contribution is -0.0132. The summed E-state index contributed by atoms with van der Waals surface area (Å²) in [6.45, 7) is 5.79. The molecule has 1 atom stereocenters. The summed E-state index contributed by atoms with van der Waals surface area (Å²) in [7, 11) is 0. The Labute approximate surface area is 106 Å². The Balaban J connectivity index is 1.95. The minimum absolute atomic E-state index is 0.167. The molecule has 1 aromatic rings. The second-order valence-corrected chi connectivity index (χ2v) is 6.43. The summed E-state index contributed by atoms with van der Waals surface area (Å²) in [6, 6.07) is 3.87. The van der Waals surface area contributed by atoms with Gasteiger partial charge in [-0.3, -0.25) is 9.69 Å². The first-order valence-electron chi connectivity index (χ1n) is 6.01. The third-order valence-electron chi connectivity index (χ3n) is 3.14. The molecule has 1 fully saturated rings. The summed E-state index contributed by atoms with van der Waals surface area (Å²) in [5.74, 6) is 0.167. The summed E-state index contributed by atoms with van der Waals surface area (Å²) < 4.78 is 0. The van der Waals surface area contributed by atoms with Crippen LogP contribution in [0.3, 0.4) is 0 Å². The van der Waals surface area contributed by atoms with Crippen molar-refractivity contribution in [3.05, 3.63) is 21.9 Å². The highest BCUT2D eigenvalue weighted by molar-refractivity contribution is 7.14. The molecule has 0 aliphatic carbocycles. The molecule has 0 bridgehead atoms. The van der Waals surface area contributed by atoms with Crippen LogP contribution in [0.15, 0.2) is 12.1 Å². The van der Waals surface area contributed by atoms with E-state index in [0.717, 1.165) is 24.3 Å². The minimum atomic E-state index is -0.635. The number of rotatable bonds is 3. The maximum absolute atomic E-state index is 12.0. The molecule has 1 unspecified atom stereocenters. The highest BCUT2D eigenvalue weighted by Gasteiger charge is 2.29. The zero-order valence-corrected chi connectivity index (χ0v) is 11.2. The first kappa shape index (κ1) is 12.7. The van der Waals surface area contributed by atoms with Crippen molar-refractivity contribution in [1.82, 2.24) is 4.90 Å². The molecule has 1 aromatic heterocycles. The van der Waals surface area contributed by atoms with E-state index in [4.69, 9.17) is 0 Å². The van der Waals surface area contributed by atoms with E-state index in [0.29, 0.717) is 13.1 Å². The lowest BCUT2D eigenvalue weighted by Gasteiger charge is -2.36. The predicted octanol–water partition coefficient (Wildman–Crippen LogP) is 2.09. The molecule has 94 valence electrons. The molecule has 0 amide bonds. The summed E-state index contributed by atoms with van der Waals surface area (Å²) in [5, 5.41) is 9.98. The van der Waals surface area contributed by atoms with E-state index >= 15 is 0 Å². The van der Waals surface area contributed by atoms with Gasteiger partial charge in [-0.1, -0.05) is 0 Å². The number of Topliss-reactive ketones (excluding diaryl/α,β-unsaturated/α-hetero) is 1.